The lowest BCUT2D eigenvalue weighted by Crippen LogP contribution is -2.17. The second kappa shape index (κ2) is 11.6. The fourth-order valence-corrected chi connectivity index (χ4v) is 6.29. The largest absolute Gasteiger partial charge is 0.465 e. The van der Waals surface area contributed by atoms with Crippen molar-refractivity contribution in [1.29, 1.82) is 0 Å². The number of ether oxygens (including phenoxy) is 1. The fraction of sp³-hybridized carbons (Fsp3) is 0.296. The van der Waals surface area contributed by atoms with E-state index in [2.05, 4.69) is 17.6 Å². The number of rotatable bonds is 8. The molecule has 182 valence electrons. The van der Waals surface area contributed by atoms with Gasteiger partial charge in [0.25, 0.3) is 0 Å². The van der Waals surface area contributed by atoms with Crippen molar-refractivity contribution in [1.82, 2.24) is 0 Å². The molecule has 0 saturated carbocycles. The molecular weight excluding hydrogens is 480 g/mol. The molecule has 2 N–H and O–H groups in total. The zero-order valence-corrected chi connectivity index (χ0v) is 21.4. The third-order valence-corrected chi connectivity index (χ3v) is 8.01. The monoisotopic (exact) mass is 508 g/mol. The van der Waals surface area contributed by atoms with E-state index in [0.29, 0.717) is 28.6 Å². The summed E-state index contributed by atoms with van der Waals surface area (Å²) < 4.78 is 5.00. The molecule has 1 atom stereocenters. The number of nitrogens with one attached hydrogen (secondary N) is 2. The molecule has 4 rings (SSSR count). The molecule has 0 aliphatic heterocycles. The summed E-state index contributed by atoms with van der Waals surface area (Å²) in [6, 6.07) is 17.0. The summed E-state index contributed by atoms with van der Waals surface area (Å²) in [5, 5.41) is 6.42. The molecule has 1 aliphatic rings. The van der Waals surface area contributed by atoms with Crippen molar-refractivity contribution in [2.45, 2.75) is 37.5 Å². The standard InChI is InChI=1S/C27H28N2O4S2/c1-17-11-12-21-22(13-17)35-26(25(21)27(32)33-2)29-24(31)16-34-20-10-6-9-19(15-20)28-23(30)14-18-7-4-3-5-8-18/h3-10,15,17H,11-14,16H2,1-2H3,(H,28,30)(H,29,31). The molecule has 0 bridgehead atoms. The topological polar surface area (TPSA) is 84.5 Å². The predicted octanol–water partition coefficient (Wildman–Crippen LogP) is 5.57. The molecule has 0 fully saturated rings. The van der Waals surface area contributed by atoms with Crippen LogP contribution in [0.25, 0.3) is 0 Å². The third-order valence-electron chi connectivity index (χ3n) is 5.85. The zero-order chi connectivity index (χ0) is 24.8. The Bertz CT molecular complexity index is 1220. The van der Waals surface area contributed by atoms with Crippen molar-refractivity contribution in [3.05, 3.63) is 76.2 Å². The summed E-state index contributed by atoms with van der Waals surface area (Å²) in [5.41, 5.74) is 3.15. The molecular formula is C27H28N2O4S2. The summed E-state index contributed by atoms with van der Waals surface area (Å²) in [4.78, 5) is 39.6. The number of carbonyl (C=O) groups excluding carboxylic acids is 3. The smallest absolute Gasteiger partial charge is 0.341 e. The van der Waals surface area contributed by atoms with E-state index < -0.39 is 5.97 Å². The molecule has 0 saturated heterocycles. The van der Waals surface area contributed by atoms with Gasteiger partial charge in [0, 0.05) is 15.5 Å². The minimum atomic E-state index is -0.404. The van der Waals surface area contributed by atoms with Crippen LogP contribution in [0.1, 0.15) is 39.7 Å². The van der Waals surface area contributed by atoms with Gasteiger partial charge in [-0.05, 0) is 54.5 Å². The highest BCUT2D eigenvalue weighted by Crippen LogP contribution is 2.40. The van der Waals surface area contributed by atoms with Gasteiger partial charge in [0.05, 0.1) is 24.8 Å². The summed E-state index contributed by atoms with van der Waals surface area (Å²) in [6.07, 6.45) is 3.06. The Hall–Kier alpha value is -3.10. The average Bonchev–Trinajstić information content (AvgIpc) is 3.19. The minimum Gasteiger partial charge on any atom is -0.465 e. The second-order valence-corrected chi connectivity index (χ2v) is 10.8. The predicted molar refractivity (Wildman–Crippen MR) is 141 cm³/mol. The first-order chi connectivity index (χ1) is 16.9. The molecule has 0 spiro atoms. The molecule has 1 aromatic heterocycles. The number of carbonyl (C=O) groups is 3. The van der Waals surface area contributed by atoms with Gasteiger partial charge in [0.15, 0.2) is 0 Å². The fourth-order valence-electron chi connectivity index (χ4n) is 4.12. The van der Waals surface area contributed by atoms with Crippen LogP contribution in [-0.4, -0.2) is 30.6 Å². The number of methoxy groups -OCH3 is 1. The number of benzene rings is 2. The zero-order valence-electron chi connectivity index (χ0n) is 19.8. The molecule has 8 heteroatoms. The van der Waals surface area contributed by atoms with Gasteiger partial charge in [-0.1, -0.05) is 43.3 Å². The summed E-state index contributed by atoms with van der Waals surface area (Å²) in [5.74, 6) is 0.0546. The van der Waals surface area contributed by atoms with Crippen molar-refractivity contribution in [2.24, 2.45) is 5.92 Å². The lowest BCUT2D eigenvalue weighted by atomic mass is 9.88. The number of hydrogen-bond acceptors (Lipinski definition) is 6. The van der Waals surface area contributed by atoms with E-state index in [4.69, 9.17) is 4.74 Å². The van der Waals surface area contributed by atoms with E-state index in [-0.39, 0.29) is 17.6 Å². The second-order valence-electron chi connectivity index (χ2n) is 8.62. The van der Waals surface area contributed by atoms with E-state index in [0.717, 1.165) is 40.2 Å². The summed E-state index contributed by atoms with van der Waals surface area (Å²) >= 11 is 2.85. The van der Waals surface area contributed by atoms with Crippen molar-refractivity contribution in [2.75, 3.05) is 23.5 Å². The Kier molecular flexibility index (Phi) is 8.25. The Labute approximate surface area is 213 Å². The molecule has 35 heavy (non-hydrogen) atoms. The van der Waals surface area contributed by atoms with Crippen LogP contribution in [0.5, 0.6) is 0 Å². The van der Waals surface area contributed by atoms with E-state index >= 15 is 0 Å². The molecule has 3 aromatic rings. The molecule has 6 nitrogen and oxygen atoms in total. The van der Waals surface area contributed by atoms with Gasteiger partial charge in [0.1, 0.15) is 5.00 Å². The maximum Gasteiger partial charge on any atom is 0.341 e. The van der Waals surface area contributed by atoms with E-state index in [9.17, 15) is 14.4 Å². The Morgan fingerprint density at radius 2 is 1.86 bits per heavy atom. The van der Waals surface area contributed by atoms with Crippen molar-refractivity contribution in [3.8, 4) is 0 Å². The van der Waals surface area contributed by atoms with E-state index in [1.807, 2.05) is 54.6 Å². The van der Waals surface area contributed by atoms with Gasteiger partial charge >= 0.3 is 5.97 Å². The lowest BCUT2D eigenvalue weighted by Gasteiger charge is -2.18. The highest BCUT2D eigenvalue weighted by molar-refractivity contribution is 8.00. The van der Waals surface area contributed by atoms with E-state index in [1.165, 1.54) is 30.2 Å². The summed E-state index contributed by atoms with van der Waals surface area (Å²) in [7, 11) is 1.37. The first-order valence-electron chi connectivity index (χ1n) is 11.5. The van der Waals surface area contributed by atoms with E-state index in [1.54, 1.807) is 0 Å². The van der Waals surface area contributed by atoms with Gasteiger partial charge < -0.3 is 15.4 Å². The SMILES string of the molecule is COC(=O)c1c(NC(=O)CSc2cccc(NC(=O)Cc3ccccc3)c2)sc2c1CCC(C)C2. The minimum absolute atomic E-state index is 0.0950. The van der Waals surface area contributed by atoms with Crippen molar-refractivity contribution < 1.29 is 19.1 Å². The van der Waals surface area contributed by atoms with Gasteiger partial charge in [-0.15, -0.1) is 23.1 Å². The molecule has 2 aromatic carbocycles. The van der Waals surface area contributed by atoms with Gasteiger partial charge in [-0.2, -0.15) is 0 Å². The van der Waals surface area contributed by atoms with Crippen LogP contribution >= 0.6 is 23.1 Å². The van der Waals surface area contributed by atoms with Crippen LogP contribution in [0.3, 0.4) is 0 Å². The average molecular weight is 509 g/mol. The summed E-state index contributed by atoms with van der Waals surface area (Å²) in [6.45, 7) is 2.20. The number of thiophene rings is 1. The van der Waals surface area contributed by atoms with Gasteiger partial charge in [-0.25, -0.2) is 4.79 Å². The number of thioether (sulfide) groups is 1. The Morgan fingerprint density at radius 1 is 1.06 bits per heavy atom. The Balaban J connectivity index is 1.36. The molecule has 1 aliphatic carbocycles. The highest BCUT2D eigenvalue weighted by atomic mass is 32.2. The number of hydrogen-bond donors (Lipinski definition) is 2. The molecule has 1 heterocycles. The van der Waals surface area contributed by atoms with Crippen LogP contribution in [0.15, 0.2) is 59.5 Å². The first-order valence-corrected chi connectivity index (χ1v) is 13.3. The lowest BCUT2D eigenvalue weighted by molar-refractivity contribution is -0.115. The van der Waals surface area contributed by atoms with Crippen molar-refractivity contribution >= 4 is 51.6 Å². The normalized spacial score (nSPS) is 14.6. The van der Waals surface area contributed by atoms with Crippen LogP contribution < -0.4 is 10.6 Å². The number of anilines is 2. The quantitative estimate of drug-likeness (QED) is 0.307. The molecule has 0 radical (unpaired) electrons. The van der Waals surface area contributed by atoms with Crippen LogP contribution in [0, 0.1) is 5.92 Å². The maximum absolute atomic E-state index is 12.7. The first kappa shape index (κ1) is 25.0. The van der Waals surface area contributed by atoms with Crippen LogP contribution in [0.2, 0.25) is 0 Å². The number of esters is 1. The van der Waals surface area contributed by atoms with Gasteiger partial charge in [-0.3, -0.25) is 9.59 Å². The van der Waals surface area contributed by atoms with Crippen LogP contribution in [-0.2, 0) is 33.6 Å². The number of amides is 2. The number of fused-ring (bicyclic) bond motifs is 1. The molecule has 1 unspecified atom stereocenters. The van der Waals surface area contributed by atoms with Gasteiger partial charge in [0.2, 0.25) is 11.8 Å². The van der Waals surface area contributed by atoms with Crippen LogP contribution in [0.4, 0.5) is 10.7 Å². The molecule has 2 amide bonds. The van der Waals surface area contributed by atoms with Crippen molar-refractivity contribution in [3.63, 3.8) is 0 Å². The third kappa shape index (κ3) is 6.52. The Morgan fingerprint density at radius 3 is 2.63 bits per heavy atom. The highest BCUT2D eigenvalue weighted by Gasteiger charge is 2.28. The maximum atomic E-state index is 12.7.